The molecule has 0 saturated carbocycles. The summed E-state index contributed by atoms with van der Waals surface area (Å²) < 4.78 is 46.1. The van der Waals surface area contributed by atoms with Gasteiger partial charge in [0.05, 0.1) is 30.9 Å². The summed E-state index contributed by atoms with van der Waals surface area (Å²) in [7, 11) is 1.85. The number of carbonyl (C=O) groups excluding carboxylic acids is 1. The maximum absolute atomic E-state index is 13.9. The Hall–Kier alpha value is -3.20. The molecule has 1 aliphatic heterocycles. The van der Waals surface area contributed by atoms with E-state index in [0.717, 1.165) is 22.8 Å². The van der Waals surface area contributed by atoms with E-state index in [4.69, 9.17) is 4.74 Å². The van der Waals surface area contributed by atoms with Gasteiger partial charge in [-0.2, -0.15) is 13.2 Å². The third-order valence-corrected chi connectivity index (χ3v) is 7.29. The normalized spacial score (nSPS) is 19.3. The van der Waals surface area contributed by atoms with Crippen LogP contribution >= 0.6 is 0 Å². The fourth-order valence-electron chi connectivity index (χ4n) is 5.08. The average molecular weight is 541 g/mol. The highest BCUT2D eigenvalue weighted by molar-refractivity contribution is 6.01. The van der Waals surface area contributed by atoms with Gasteiger partial charge in [-0.1, -0.05) is 67.6 Å². The van der Waals surface area contributed by atoms with E-state index in [-0.39, 0.29) is 24.5 Å². The van der Waals surface area contributed by atoms with Crippen molar-refractivity contribution >= 4 is 5.91 Å². The Balaban J connectivity index is 1.64. The minimum absolute atomic E-state index is 0.121. The van der Waals surface area contributed by atoms with Gasteiger partial charge in [0.2, 0.25) is 0 Å². The number of fused-ring (bicyclic) bond motifs is 3. The number of aliphatic hydroxyl groups excluding tert-OH is 1. The number of hydrogen-bond donors (Lipinski definition) is 1. The van der Waals surface area contributed by atoms with Crippen molar-refractivity contribution < 1.29 is 27.8 Å². The number of carbonyl (C=O) groups is 1. The second kappa shape index (κ2) is 12.3. The van der Waals surface area contributed by atoms with E-state index in [1.807, 2.05) is 74.3 Å². The highest BCUT2D eigenvalue weighted by Crippen LogP contribution is 2.32. The lowest BCUT2D eigenvalue weighted by Gasteiger charge is -2.35. The predicted molar refractivity (Wildman–Crippen MR) is 145 cm³/mol. The van der Waals surface area contributed by atoms with E-state index in [9.17, 15) is 23.1 Å². The highest BCUT2D eigenvalue weighted by Gasteiger charge is 2.32. The molecule has 1 amide bonds. The van der Waals surface area contributed by atoms with Gasteiger partial charge in [0.15, 0.2) is 0 Å². The standard InChI is InChI=1S/C31H35F3N2O3/c1-21-16-36(22(2)19-37)30(38)28-14-7-6-13-27(28)26-12-5-4-10-24(26)20-39-29(21)18-35(3)17-23-9-8-11-25(15-23)31(32,33)34/h4-15,21-22,29,37H,16-20H2,1-3H3/t21-,22-,29-/m1/s1. The summed E-state index contributed by atoms with van der Waals surface area (Å²) in [5.41, 5.74) is 3.12. The first-order valence-electron chi connectivity index (χ1n) is 13.1. The minimum Gasteiger partial charge on any atom is -0.394 e. The number of aliphatic hydroxyl groups is 1. The molecule has 0 spiro atoms. The van der Waals surface area contributed by atoms with Gasteiger partial charge in [-0.05, 0) is 48.4 Å². The molecule has 3 aromatic rings. The maximum Gasteiger partial charge on any atom is 0.416 e. The molecular weight excluding hydrogens is 505 g/mol. The smallest absolute Gasteiger partial charge is 0.394 e. The van der Waals surface area contributed by atoms with Crippen molar-refractivity contribution in [3.8, 4) is 11.1 Å². The summed E-state index contributed by atoms with van der Waals surface area (Å²) in [5, 5.41) is 9.98. The number of likely N-dealkylation sites (N-methyl/N-ethyl adjacent to an activating group) is 1. The zero-order valence-corrected chi connectivity index (χ0v) is 22.5. The van der Waals surface area contributed by atoms with Crippen LogP contribution in [0.4, 0.5) is 13.2 Å². The minimum atomic E-state index is -4.40. The van der Waals surface area contributed by atoms with Crippen LogP contribution in [0.1, 0.15) is 40.9 Å². The third kappa shape index (κ3) is 6.87. The van der Waals surface area contributed by atoms with Crippen LogP contribution in [0.15, 0.2) is 72.8 Å². The van der Waals surface area contributed by atoms with Crippen molar-refractivity contribution in [2.45, 2.75) is 45.3 Å². The summed E-state index contributed by atoms with van der Waals surface area (Å²) in [4.78, 5) is 17.5. The molecule has 3 aromatic carbocycles. The van der Waals surface area contributed by atoms with Crippen molar-refractivity contribution in [1.29, 1.82) is 0 Å². The molecule has 0 unspecified atom stereocenters. The fourth-order valence-corrected chi connectivity index (χ4v) is 5.08. The number of ether oxygens (including phenoxy) is 1. The lowest BCUT2D eigenvalue weighted by atomic mass is 9.94. The predicted octanol–water partition coefficient (Wildman–Crippen LogP) is 5.86. The van der Waals surface area contributed by atoms with Gasteiger partial charge in [-0.25, -0.2) is 0 Å². The van der Waals surface area contributed by atoms with Crippen molar-refractivity contribution in [3.05, 3.63) is 95.1 Å². The average Bonchev–Trinajstić information content (AvgIpc) is 2.94. The van der Waals surface area contributed by atoms with Crippen molar-refractivity contribution in [2.24, 2.45) is 5.92 Å². The van der Waals surface area contributed by atoms with Crippen LogP contribution in [0.3, 0.4) is 0 Å². The molecule has 5 nitrogen and oxygen atoms in total. The van der Waals surface area contributed by atoms with E-state index in [1.165, 1.54) is 12.1 Å². The molecule has 0 saturated heterocycles. The highest BCUT2D eigenvalue weighted by atomic mass is 19.4. The molecule has 1 aliphatic rings. The zero-order valence-electron chi connectivity index (χ0n) is 22.5. The van der Waals surface area contributed by atoms with E-state index in [1.54, 1.807) is 11.0 Å². The van der Waals surface area contributed by atoms with Crippen LogP contribution in [0.2, 0.25) is 0 Å². The lowest BCUT2D eigenvalue weighted by Crippen LogP contribution is -2.47. The Morgan fingerprint density at radius 3 is 2.38 bits per heavy atom. The zero-order chi connectivity index (χ0) is 28.2. The number of nitrogens with zero attached hydrogens (tertiary/aromatic N) is 2. The fraction of sp³-hybridized carbons (Fsp3) is 0.387. The molecule has 208 valence electrons. The molecule has 0 aliphatic carbocycles. The van der Waals surface area contributed by atoms with Crippen molar-refractivity contribution in [1.82, 2.24) is 9.80 Å². The molecule has 1 heterocycles. The van der Waals surface area contributed by atoms with Crippen LogP contribution in [0.25, 0.3) is 11.1 Å². The van der Waals surface area contributed by atoms with E-state index >= 15 is 0 Å². The number of halogens is 3. The summed E-state index contributed by atoms with van der Waals surface area (Å²) in [6.07, 6.45) is -4.72. The number of alkyl halides is 3. The Morgan fingerprint density at radius 2 is 1.69 bits per heavy atom. The van der Waals surface area contributed by atoms with Gasteiger partial charge in [-0.15, -0.1) is 0 Å². The Labute approximate surface area is 227 Å². The van der Waals surface area contributed by atoms with E-state index in [2.05, 4.69) is 0 Å². The first-order valence-corrected chi connectivity index (χ1v) is 13.1. The van der Waals surface area contributed by atoms with Crippen molar-refractivity contribution in [2.75, 3.05) is 26.7 Å². The summed E-state index contributed by atoms with van der Waals surface area (Å²) in [6.45, 7) is 5.07. The quantitative estimate of drug-likeness (QED) is 0.426. The van der Waals surface area contributed by atoms with Crippen LogP contribution in [0, 0.1) is 5.92 Å². The number of hydrogen-bond acceptors (Lipinski definition) is 4. The summed E-state index contributed by atoms with van der Waals surface area (Å²) in [6, 6.07) is 20.2. The van der Waals surface area contributed by atoms with Gasteiger partial charge in [-0.3, -0.25) is 9.69 Å². The molecule has 0 bridgehead atoms. The van der Waals surface area contributed by atoms with Gasteiger partial charge >= 0.3 is 6.18 Å². The largest absolute Gasteiger partial charge is 0.416 e. The molecule has 0 fully saturated rings. The van der Waals surface area contributed by atoms with Gasteiger partial charge in [0.25, 0.3) is 5.91 Å². The molecule has 39 heavy (non-hydrogen) atoms. The Bertz CT molecular complexity index is 1280. The summed E-state index contributed by atoms with van der Waals surface area (Å²) in [5.74, 6) is -0.281. The van der Waals surface area contributed by atoms with E-state index < -0.39 is 17.8 Å². The lowest BCUT2D eigenvalue weighted by molar-refractivity contribution is -0.137. The summed E-state index contributed by atoms with van der Waals surface area (Å²) >= 11 is 0. The van der Waals surface area contributed by atoms with Crippen LogP contribution in [-0.2, 0) is 24.1 Å². The Kier molecular flexibility index (Phi) is 9.10. The molecule has 0 aromatic heterocycles. The molecule has 0 radical (unpaired) electrons. The second-order valence-corrected chi connectivity index (χ2v) is 10.4. The maximum atomic E-state index is 13.9. The van der Waals surface area contributed by atoms with Crippen LogP contribution in [-0.4, -0.2) is 59.7 Å². The topological polar surface area (TPSA) is 53.0 Å². The number of benzene rings is 3. The second-order valence-electron chi connectivity index (χ2n) is 10.4. The monoisotopic (exact) mass is 540 g/mol. The van der Waals surface area contributed by atoms with Gasteiger partial charge in [0.1, 0.15) is 0 Å². The number of rotatable bonds is 6. The van der Waals surface area contributed by atoms with Crippen LogP contribution < -0.4 is 0 Å². The van der Waals surface area contributed by atoms with Gasteiger partial charge < -0.3 is 14.7 Å². The Morgan fingerprint density at radius 1 is 1.03 bits per heavy atom. The first-order chi connectivity index (χ1) is 18.6. The molecule has 8 heteroatoms. The molecular formula is C31H35F3N2O3. The number of amides is 1. The van der Waals surface area contributed by atoms with Gasteiger partial charge in [0, 0.05) is 31.1 Å². The SMILES string of the molecule is C[C@@H]1CN([C@H](C)CO)C(=O)c2ccccc2-c2ccccc2CO[C@@H]1CN(C)Cc1cccc(C(F)(F)F)c1. The molecule has 3 atom stereocenters. The van der Waals surface area contributed by atoms with Crippen molar-refractivity contribution in [3.63, 3.8) is 0 Å². The molecule has 1 N–H and O–H groups in total. The first kappa shape index (κ1) is 28.8. The third-order valence-electron chi connectivity index (χ3n) is 7.29. The van der Waals surface area contributed by atoms with Crippen LogP contribution in [0.5, 0.6) is 0 Å². The molecule has 4 rings (SSSR count). The van der Waals surface area contributed by atoms with E-state index in [0.29, 0.717) is 37.4 Å².